The van der Waals surface area contributed by atoms with Crippen LogP contribution in [0.15, 0.2) is 79.9 Å². The molecule has 3 saturated heterocycles. The maximum absolute atomic E-state index is 14.7. The number of hydrogen-bond acceptors (Lipinski definition) is 6. The highest BCUT2D eigenvalue weighted by molar-refractivity contribution is 6.03. The third-order valence-corrected chi connectivity index (χ3v) is 9.77. The van der Waals surface area contributed by atoms with E-state index >= 15 is 0 Å². The van der Waals surface area contributed by atoms with Gasteiger partial charge in [0.05, 0.1) is 36.7 Å². The number of hydrogen-bond donors (Lipinski definition) is 1. The average molecular weight is 616 g/mol. The average Bonchev–Trinajstić information content (AvgIpc) is 3.67. The molecule has 2 aromatic carbocycles. The SMILES string of the molecule is C=CCN(Cc1ccccc1)C(=O)C1N([C@H](C)CO)C(=O)[C@@H]2[C@@H](C(=O)N(CC=C)c3ccc(OCC)cc3)[C@@]3(CC)CCC12O3. The second kappa shape index (κ2) is 13.2. The van der Waals surface area contributed by atoms with Gasteiger partial charge in [0.25, 0.3) is 0 Å². The topological polar surface area (TPSA) is 99.6 Å². The number of carbonyl (C=O) groups is 3. The third kappa shape index (κ3) is 5.46. The summed E-state index contributed by atoms with van der Waals surface area (Å²) in [6, 6.07) is 15.3. The summed E-state index contributed by atoms with van der Waals surface area (Å²) in [6.45, 7) is 14.4. The molecule has 0 saturated carbocycles. The van der Waals surface area contributed by atoms with Crippen molar-refractivity contribution in [1.82, 2.24) is 9.80 Å². The van der Waals surface area contributed by atoms with Gasteiger partial charge in [-0.2, -0.15) is 0 Å². The molecule has 9 heteroatoms. The third-order valence-electron chi connectivity index (χ3n) is 9.77. The number of amides is 3. The molecule has 6 atom stereocenters. The molecule has 2 aromatic rings. The van der Waals surface area contributed by atoms with Crippen LogP contribution in [0.3, 0.4) is 0 Å². The van der Waals surface area contributed by atoms with Gasteiger partial charge < -0.3 is 29.3 Å². The van der Waals surface area contributed by atoms with Gasteiger partial charge in [0.1, 0.15) is 17.4 Å². The zero-order chi connectivity index (χ0) is 32.4. The zero-order valence-electron chi connectivity index (χ0n) is 26.6. The van der Waals surface area contributed by atoms with Crippen LogP contribution < -0.4 is 9.64 Å². The van der Waals surface area contributed by atoms with Crippen molar-refractivity contribution in [3.05, 3.63) is 85.5 Å². The predicted molar refractivity (Wildman–Crippen MR) is 172 cm³/mol. The van der Waals surface area contributed by atoms with E-state index in [1.165, 1.54) is 4.90 Å². The summed E-state index contributed by atoms with van der Waals surface area (Å²) in [5.41, 5.74) is -0.510. The smallest absolute Gasteiger partial charge is 0.249 e. The number of likely N-dealkylation sites (tertiary alicyclic amines) is 1. The minimum absolute atomic E-state index is 0.236. The van der Waals surface area contributed by atoms with Gasteiger partial charge in [-0.1, -0.05) is 49.4 Å². The number of aliphatic hydroxyl groups excluding tert-OH is 1. The van der Waals surface area contributed by atoms with Crippen LogP contribution in [0.5, 0.6) is 5.75 Å². The summed E-state index contributed by atoms with van der Waals surface area (Å²) in [4.78, 5) is 48.8. The normalized spacial score (nSPS) is 27.2. The van der Waals surface area contributed by atoms with E-state index in [1.54, 1.807) is 28.9 Å². The number of benzene rings is 2. The second-order valence-electron chi connectivity index (χ2n) is 12.3. The van der Waals surface area contributed by atoms with E-state index in [0.29, 0.717) is 43.9 Å². The fraction of sp³-hybridized carbons (Fsp3) is 0.472. The van der Waals surface area contributed by atoms with Gasteiger partial charge in [0, 0.05) is 25.3 Å². The summed E-state index contributed by atoms with van der Waals surface area (Å²) in [5.74, 6) is -1.84. The monoisotopic (exact) mass is 615 g/mol. The molecular formula is C36H45N3O6. The van der Waals surface area contributed by atoms with E-state index in [2.05, 4.69) is 13.2 Å². The molecule has 2 bridgehead atoms. The molecule has 9 nitrogen and oxygen atoms in total. The molecule has 5 rings (SSSR count). The van der Waals surface area contributed by atoms with Crippen LogP contribution in [-0.4, -0.2) is 82.2 Å². The zero-order valence-corrected chi connectivity index (χ0v) is 26.6. The van der Waals surface area contributed by atoms with Gasteiger partial charge in [-0.15, -0.1) is 13.2 Å². The minimum Gasteiger partial charge on any atom is -0.494 e. The molecule has 0 radical (unpaired) electrons. The largest absolute Gasteiger partial charge is 0.494 e. The maximum atomic E-state index is 14.7. The maximum Gasteiger partial charge on any atom is 0.249 e. The van der Waals surface area contributed by atoms with Crippen molar-refractivity contribution in [2.75, 3.05) is 31.2 Å². The fourth-order valence-corrected chi connectivity index (χ4v) is 7.75. The number of ether oxygens (including phenoxy) is 2. The Kier molecular flexibility index (Phi) is 9.51. The number of aliphatic hydroxyl groups is 1. The van der Waals surface area contributed by atoms with E-state index in [0.717, 1.165) is 5.56 Å². The van der Waals surface area contributed by atoms with Gasteiger partial charge in [0.15, 0.2) is 0 Å². The van der Waals surface area contributed by atoms with Gasteiger partial charge >= 0.3 is 0 Å². The van der Waals surface area contributed by atoms with Crippen molar-refractivity contribution < 1.29 is 29.0 Å². The van der Waals surface area contributed by atoms with Crippen molar-refractivity contribution in [2.45, 2.75) is 69.9 Å². The lowest BCUT2D eigenvalue weighted by atomic mass is 9.64. The molecule has 3 heterocycles. The van der Waals surface area contributed by atoms with Crippen LogP contribution >= 0.6 is 0 Å². The highest BCUT2D eigenvalue weighted by Crippen LogP contribution is 2.65. The van der Waals surface area contributed by atoms with Gasteiger partial charge in [-0.25, -0.2) is 0 Å². The summed E-state index contributed by atoms with van der Waals surface area (Å²) in [5, 5.41) is 10.3. The van der Waals surface area contributed by atoms with Crippen LogP contribution in [0.2, 0.25) is 0 Å². The molecule has 1 N–H and O–H groups in total. The Morgan fingerprint density at radius 2 is 1.76 bits per heavy atom. The van der Waals surface area contributed by atoms with Gasteiger partial charge in [-0.3, -0.25) is 14.4 Å². The number of rotatable bonds is 14. The summed E-state index contributed by atoms with van der Waals surface area (Å²) < 4.78 is 12.6. The minimum atomic E-state index is -1.21. The highest BCUT2D eigenvalue weighted by atomic mass is 16.5. The lowest BCUT2D eigenvalue weighted by molar-refractivity contribution is -0.155. The Bertz CT molecular complexity index is 1410. The number of nitrogens with zero attached hydrogens (tertiary/aromatic N) is 3. The van der Waals surface area contributed by atoms with E-state index < -0.39 is 35.1 Å². The van der Waals surface area contributed by atoms with Crippen molar-refractivity contribution in [1.29, 1.82) is 0 Å². The lowest BCUT2D eigenvalue weighted by Crippen LogP contribution is -2.58. The molecule has 2 unspecified atom stereocenters. The molecule has 0 aromatic heterocycles. The second-order valence-corrected chi connectivity index (χ2v) is 12.3. The van der Waals surface area contributed by atoms with Crippen molar-refractivity contribution in [2.24, 2.45) is 11.8 Å². The number of fused-ring (bicyclic) bond motifs is 1. The Balaban J connectivity index is 1.57. The van der Waals surface area contributed by atoms with Crippen LogP contribution in [0.1, 0.15) is 45.6 Å². The summed E-state index contributed by atoms with van der Waals surface area (Å²) in [6.07, 6.45) is 4.85. The Morgan fingerprint density at radius 3 is 2.36 bits per heavy atom. The first-order chi connectivity index (χ1) is 21.7. The Labute approximate surface area is 266 Å². The molecule has 240 valence electrons. The first-order valence-corrected chi connectivity index (χ1v) is 15.9. The molecule has 3 amide bonds. The lowest BCUT2D eigenvalue weighted by Gasteiger charge is -2.38. The highest BCUT2D eigenvalue weighted by Gasteiger charge is 2.79. The standard InChI is InChI=1S/C36H45N3O6/c1-6-21-37(23-26-13-11-10-12-14-26)34(43)31-36-20-19-35(8-3,45-36)29(30(36)33(42)39(31)25(5)24-40)32(41)38(22-7-2)27-15-17-28(18-16-27)44-9-4/h6-7,10-18,25,29-31,40H,1-2,8-9,19-24H2,3-5H3/t25-,29+,30+,31?,35-,36?/m1/s1. The van der Waals surface area contributed by atoms with Crippen LogP contribution in [0.4, 0.5) is 5.69 Å². The van der Waals surface area contributed by atoms with Gasteiger partial charge in [0.2, 0.25) is 17.7 Å². The van der Waals surface area contributed by atoms with Crippen molar-refractivity contribution >= 4 is 23.4 Å². The molecular weight excluding hydrogens is 570 g/mol. The number of anilines is 1. The number of carbonyl (C=O) groups excluding carboxylic acids is 3. The summed E-state index contributed by atoms with van der Waals surface area (Å²) >= 11 is 0. The Hall–Kier alpha value is -3.95. The molecule has 3 aliphatic heterocycles. The van der Waals surface area contributed by atoms with Gasteiger partial charge in [-0.05, 0) is 62.9 Å². The molecule has 1 spiro atoms. The molecule has 3 fully saturated rings. The van der Waals surface area contributed by atoms with Crippen molar-refractivity contribution in [3.63, 3.8) is 0 Å². The predicted octanol–water partition coefficient (Wildman–Crippen LogP) is 4.35. The van der Waals surface area contributed by atoms with Crippen LogP contribution in [-0.2, 0) is 25.7 Å². The van der Waals surface area contributed by atoms with Crippen LogP contribution in [0.25, 0.3) is 0 Å². The first kappa shape index (κ1) is 32.4. The summed E-state index contributed by atoms with van der Waals surface area (Å²) in [7, 11) is 0. The Morgan fingerprint density at radius 1 is 1.07 bits per heavy atom. The van der Waals surface area contributed by atoms with E-state index in [4.69, 9.17) is 9.47 Å². The first-order valence-electron chi connectivity index (χ1n) is 15.9. The molecule has 0 aliphatic carbocycles. The fourth-order valence-electron chi connectivity index (χ4n) is 7.75. The van der Waals surface area contributed by atoms with E-state index in [-0.39, 0.29) is 37.4 Å². The quantitative estimate of drug-likeness (QED) is 0.317. The molecule has 3 aliphatic rings. The molecule has 45 heavy (non-hydrogen) atoms. The van der Waals surface area contributed by atoms with E-state index in [1.807, 2.05) is 68.4 Å². The van der Waals surface area contributed by atoms with Crippen molar-refractivity contribution in [3.8, 4) is 5.75 Å². The van der Waals surface area contributed by atoms with Crippen LogP contribution in [0, 0.1) is 11.8 Å². The van der Waals surface area contributed by atoms with E-state index in [9.17, 15) is 19.5 Å².